The van der Waals surface area contributed by atoms with Crippen molar-refractivity contribution >= 4 is 23.4 Å². The molecule has 1 N–H and O–H groups in total. The number of hydrogen-bond acceptors (Lipinski definition) is 4. The number of fused-ring (bicyclic) bond motifs is 1. The van der Waals surface area contributed by atoms with Crippen molar-refractivity contribution in [2.24, 2.45) is 11.8 Å². The number of carbonyl (C=O) groups is 1. The monoisotopic (exact) mass is 411 g/mol. The number of urea groups is 1. The highest BCUT2D eigenvalue weighted by molar-refractivity contribution is 6.29. The van der Waals surface area contributed by atoms with Gasteiger partial charge < -0.3 is 15.1 Å². The van der Waals surface area contributed by atoms with E-state index in [-0.39, 0.29) is 12.1 Å². The van der Waals surface area contributed by atoms with Gasteiger partial charge in [-0.25, -0.2) is 9.78 Å². The van der Waals surface area contributed by atoms with Crippen LogP contribution in [0.4, 0.5) is 10.6 Å². The number of allylic oxidation sites excluding steroid dienone is 7. The Balaban J connectivity index is 1.48. The highest BCUT2D eigenvalue weighted by Gasteiger charge is 2.34. The molecule has 1 saturated heterocycles. The molecule has 29 heavy (non-hydrogen) atoms. The maximum atomic E-state index is 13.2. The molecule has 2 heterocycles. The molecule has 7 heteroatoms. The predicted octanol–water partition coefficient (Wildman–Crippen LogP) is 3.94. The first-order valence-corrected chi connectivity index (χ1v) is 10.5. The van der Waals surface area contributed by atoms with Crippen molar-refractivity contribution in [3.63, 3.8) is 0 Å². The van der Waals surface area contributed by atoms with Crippen LogP contribution in [0.5, 0.6) is 0 Å². The third-order valence-electron chi connectivity index (χ3n) is 5.73. The standard InChI is InChI=1S/C22H26ClN5O/c1-15(2)19-14-27(21-13-24-12-20(23)26-21)10-11-28(19)22(29)25-18-9-5-7-16-6-3-4-8-17(16)18/h3-5,7-9,12-13,15-16,19H,6,10-11,14H2,1-2H3,(H,25,29)/t16-,19?/m1/s1. The Morgan fingerprint density at radius 3 is 2.90 bits per heavy atom. The van der Waals surface area contributed by atoms with E-state index in [1.54, 1.807) is 6.20 Å². The van der Waals surface area contributed by atoms with Crippen LogP contribution in [0.15, 0.2) is 60.1 Å². The molecule has 2 atom stereocenters. The van der Waals surface area contributed by atoms with Crippen molar-refractivity contribution in [1.82, 2.24) is 20.2 Å². The first-order chi connectivity index (χ1) is 14.0. The fraction of sp³-hybridized carbons (Fsp3) is 0.409. The van der Waals surface area contributed by atoms with E-state index in [4.69, 9.17) is 11.6 Å². The fourth-order valence-electron chi connectivity index (χ4n) is 4.13. The molecule has 6 nitrogen and oxygen atoms in total. The highest BCUT2D eigenvalue weighted by atomic mass is 35.5. The lowest BCUT2D eigenvalue weighted by Gasteiger charge is -2.43. The molecule has 1 aliphatic heterocycles. The summed E-state index contributed by atoms with van der Waals surface area (Å²) in [6.07, 6.45) is 16.8. The second-order valence-electron chi connectivity index (χ2n) is 7.94. The molecule has 3 aliphatic rings. The third-order valence-corrected chi connectivity index (χ3v) is 5.91. The van der Waals surface area contributed by atoms with E-state index in [1.807, 2.05) is 17.1 Å². The Morgan fingerprint density at radius 2 is 2.10 bits per heavy atom. The van der Waals surface area contributed by atoms with Crippen molar-refractivity contribution in [1.29, 1.82) is 0 Å². The summed E-state index contributed by atoms with van der Waals surface area (Å²) in [6, 6.07) is 0.0246. The van der Waals surface area contributed by atoms with Crippen molar-refractivity contribution in [3.8, 4) is 0 Å². The molecule has 0 bridgehead atoms. The SMILES string of the molecule is CC(C)C1CN(c2cncc(Cl)n2)CCN1C(=O)NC1=CC=C[C@H]2CC=CC=C12. The van der Waals surface area contributed by atoms with Crippen LogP contribution < -0.4 is 10.2 Å². The van der Waals surface area contributed by atoms with Gasteiger partial charge in [0, 0.05) is 31.2 Å². The van der Waals surface area contributed by atoms with Gasteiger partial charge in [-0.2, -0.15) is 0 Å². The summed E-state index contributed by atoms with van der Waals surface area (Å²) < 4.78 is 0. The molecule has 1 aromatic heterocycles. The molecule has 2 aliphatic carbocycles. The number of carbonyl (C=O) groups excluding carboxylic acids is 1. The molecule has 0 saturated carbocycles. The van der Waals surface area contributed by atoms with E-state index in [0.29, 0.717) is 36.6 Å². The molecular formula is C22H26ClN5O. The summed E-state index contributed by atoms with van der Waals surface area (Å²) in [5.74, 6) is 1.41. The number of hydrogen-bond donors (Lipinski definition) is 1. The Hall–Kier alpha value is -2.60. The number of halogens is 1. The van der Waals surface area contributed by atoms with Crippen molar-refractivity contribution in [2.75, 3.05) is 24.5 Å². The maximum Gasteiger partial charge on any atom is 0.322 e. The minimum absolute atomic E-state index is 0.0451. The van der Waals surface area contributed by atoms with Gasteiger partial charge >= 0.3 is 6.03 Å². The van der Waals surface area contributed by atoms with Gasteiger partial charge in [0.1, 0.15) is 11.0 Å². The quantitative estimate of drug-likeness (QED) is 0.818. The lowest BCUT2D eigenvalue weighted by Crippen LogP contribution is -2.59. The zero-order valence-electron chi connectivity index (χ0n) is 16.8. The largest absolute Gasteiger partial charge is 0.351 e. The van der Waals surface area contributed by atoms with Gasteiger partial charge in [0.05, 0.1) is 18.4 Å². The lowest BCUT2D eigenvalue weighted by molar-refractivity contribution is 0.147. The smallest absolute Gasteiger partial charge is 0.322 e. The summed E-state index contributed by atoms with van der Waals surface area (Å²) in [7, 11) is 0. The molecule has 0 aromatic carbocycles. The molecule has 1 unspecified atom stereocenters. The Kier molecular flexibility index (Phi) is 5.72. The molecular weight excluding hydrogens is 386 g/mol. The highest BCUT2D eigenvalue weighted by Crippen LogP contribution is 2.30. The first kappa shape index (κ1) is 19.7. The summed E-state index contributed by atoms with van der Waals surface area (Å²) >= 11 is 6.01. The van der Waals surface area contributed by atoms with E-state index in [1.165, 1.54) is 11.8 Å². The molecule has 4 rings (SSSR count). The van der Waals surface area contributed by atoms with Gasteiger partial charge in [-0.15, -0.1) is 0 Å². The second-order valence-corrected chi connectivity index (χ2v) is 8.33. The topological polar surface area (TPSA) is 61.4 Å². The molecule has 0 radical (unpaired) electrons. The van der Waals surface area contributed by atoms with Gasteiger partial charge in [0.2, 0.25) is 0 Å². The van der Waals surface area contributed by atoms with E-state index < -0.39 is 0 Å². The average Bonchev–Trinajstić information content (AvgIpc) is 2.73. The zero-order valence-corrected chi connectivity index (χ0v) is 17.5. The fourth-order valence-corrected chi connectivity index (χ4v) is 4.27. The van der Waals surface area contributed by atoms with Crippen molar-refractivity contribution in [3.05, 3.63) is 65.3 Å². The normalized spacial score (nSPS) is 23.6. The van der Waals surface area contributed by atoms with Crippen LogP contribution in [0.25, 0.3) is 0 Å². The van der Waals surface area contributed by atoms with E-state index in [0.717, 1.165) is 17.9 Å². The average molecular weight is 412 g/mol. The predicted molar refractivity (Wildman–Crippen MR) is 116 cm³/mol. The van der Waals surface area contributed by atoms with Crippen LogP contribution in [0.2, 0.25) is 5.15 Å². The van der Waals surface area contributed by atoms with Crippen LogP contribution >= 0.6 is 11.6 Å². The number of aromatic nitrogens is 2. The van der Waals surface area contributed by atoms with Crippen molar-refractivity contribution < 1.29 is 4.79 Å². The maximum absolute atomic E-state index is 13.2. The molecule has 1 aromatic rings. The third kappa shape index (κ3) is 4.22. The van der Waals surface area contributed by atoms with Crippen LogP contribution in [0, 0.1) is 11.8 Å². The number of piperazine rings is 1. The summed E-state index contributed by atoms with van der Waals surface area (Å²) in [5, 5.41) is 3.54. The Bertz CT molecular complexity index is 904. The van der Waals surface area contributed by atoms with Crippen LogP contribution in [-0.4, -0.2) is 46.6 Å². The molecule has 152 valence electrons. The minimum atomic E-state index is -0.0451. The molecule has 1 fully saturated rings. The van der Waals surface area contributed by atoms with Gasteiger partial charge in [-0.05, 0) is 24.0 Å². The summed E-state index contributed by atoms with van der Waals surface area (Å²) in [5.41, 5.74) is 2.08. The van der Waals surface area contributed by atoms with Crippen LogP contribution in [-0.2, 0) is 0 Å². The van der Waals surface area contributed by atoms with Gasteiger partial charge in [-0.1, -0.05) is 55.8 Å². The molecule has 2 amide bonds. The number of rotatable bonds is 3. The van der Waals surface area contributed by atoms with Crippen LogP contribution in [0.1, 0.15) is 20.3 Å². The number of anilines is 1. The number of amides is 2. The first-order valence-electron chi connectivity index (χ1n) is 10.1. The Morgan fingerprint density at radius 1 is 1.24 bits per heavy atom. The number of nitrogens with zero attached hydrogens (tertiary/aromatic N) is 4. The van der Waals surface area contributed by atoms with Gasteiger partial charge in [0.15, 0.2) is 0 Å². The van der Waals surface area contributed by atoms with Crippen LogP contribution in [0.3, 0.4) is 0 Å². The molecule has 0 spiro atoms. The van der Waals surface area contributed by atoms with E-state index >= 15 is 0 Å². The van der Waals surface area contributed by atoms with Crippen molar-refractivity contribution in [2.45, 2.75) is 26.3 Å². The second kappa shape index (κ2) is 8.41. The summed E-state index contributed by atoms with van der Waals surface area (Å²) in [4.78, 5) is 25.8. The van der Waals surface area contributed by atoms with E-state index in [9.17, 15) is 4.79 Å². The minimum Gasteiger partial charge on any atom is -0.351 e. The van der Waals surface area contributed by atoms with E-state index in [2.05, 4.69) is 58.3 Å². The lowest BCUT2D eigenvalue weighted by atomic mass is 9.86. The zero-order chi connectivity index (χ0) is 20.4. The Labute approximate surface area is 176 Å². The van der Waals surface area contributed by atoms with Gasteiger partial charge in [-0.3, -0.25) is 4.98 Å². The summed E-state index contributed by atoms with van der Waals surface area (Å²) in [6.45, 7) is 6.30. The van der Waals surface area contributed by atoms with Gasteiger partial charge in [0.25, 0.3) is 0 Å². The number of nitrogens with one attached hydrogen (secondary N) is 1.